The van der Waals surface area contributed by atoms with Crippen LogP contribution in [0.1, 0.15) is 26.3 Å². The van der Waals surface area contributed by atoms with Crippen molar-refractivity contribution in [2.75, 3.05) is 6.61 Å². The fraction of sp³-hybridized carbons (Fsp3) is 0.538. The first-order valence-electron chi connectivity index (χ1n) is 5.48. The third-order valence-electron chi connectivity index (χ3n) is 2.26. The molecule has 1 aromatic carbocycles. The molecule has 2 nitrogen and oxygen atoms in total. The van der Waals surface area contributed by atoms with E-state index in [1.807, 2.05) is 13.8 Å². The minimum absolute atomic E-state index is 0.0621. The van der Waals surface area contributed by atoms with E-state index >= 15 is 0 Å². The summed E-state index contributed by atoms with van der Waals surface area (Å²) >= 11 is 0. The van der Waals surface area contributed by atoms with Crippen LogP contribution in [0, 0.1) is 5.82 Å². The van der Waals surface area contributed by atoms with E-state index in [-0.39, 0.29) is 24.9 Å². The van der Waals surface area contributed by atoms with Crippen LogP contribution in [-0.2, 0) is 11.2 Å². The number of hydrogen-bond acceptors (Lipinski definition) is 2. The number of rotatable bonds is 5. The largest absolute Gasteiger partial charge is 0.387 e. The lowest BCUT2D eigenvalue weighted by Crippen LogP contribution is -2.34. The predicted molar refractivity (Wildman–Crippen MR) is 61.8 cm³/mol. The van der Waals surface area contributed by atoms with Gasteiger partial charge in [-0.25, -0.2) is 4.39 Å². The molecule has 0 heterocycles. The molecule has 3 heteroatoms. The minimum atomic E-state index is -1.04. The van der Waals surface area contributed by atoms with Crippen LogP contribution >= 0.6 is 0 Å². The third-order valence-corrected chi connectivity index (χ3v) is 2.26. The lowest BCUT2D eigenvalue weighted by molar-refractivity contribution is -0.0533. The highest BCUT2D eigenvalue weighted by molar-refractivity contribution is 5.19. The summed E-state index contributed by atoms with van der Waals surface area (Å²) in [6.45, 7) is 5.67. The van der Waals surface area contributed by atoms with E-state index in [0.717, 1.165) is 0 Å². The first-order valence-corrected chi connectivity index (χ1v) is 5.48. The van der Waals surface area contributed by atoms with Crippen molar-refractivity contribution >= 4 is 0 Å². The lowest BCUT2D eigenvalue weighted by atomic mass is 9.97. The van der Waals surface area contributed by atoms with Gasteiger partial charge in [0.05, 0.1) is 18.3 Å². The van der Waals surface area contributed by atoms with Gasteiger partial charge in [-0.2, -0.15) is 0 Å². The van der Waals surface area contributed by atoms with E-state index in [0.29, 0.717) is 5.56 Å². The zero-order valence-corrected chi connectivity index (χ0v) is 10.0. The second kappa shape index (κ2) is 5.41. The van der Waals surface area contributed by atoms with Crippen molar-refractivity contribution in [3.8, 4) is 0 Å². The molecule has 0 aromatic heterocycles. The quantitative estimate of drug-likeness (QED) is 0.836. The number of benzene rings is 1. The molecule has 0 amide bonds. The highest BCUT2D eigenvalue weighted by Crippen LogP contribution is 2.16. The fourth-order valence-electron chi connectivity index (χ4n) is 1.45. The van der Waals surface area contributed by atoms with Crippen LogP contribution in [0.5, 0.6) is 0 Å². The number of aliphatic hydroxyl groups is 1. The van der Waals surface area contributed by atoms with Crippen molar-refractivity contribution in [3.63, 3.8) is 0 Å². The molecular weight excluding hydrogens is 207 g/mol. The van der Waals surface area contributed by atoms with Crippen LogP contribution in [0.2, 0.25) is 0 Å². The van der Waals surface area contributed by atoms with Crippen LogP contribution < -0.4 is 0 Å². The van der Waals surface area contributed by atoms with E-state index < -0.39 is 5.60 Å². The maximum atomic E-state index is 13.4. The summed E-state index contributed by atoms with van der Waals surface area (Å²) in [5, 5.41) is 10.0. The smallest absolute Gasteiger partial charge is 0.126 e. The van der Waals surface area contributed by atoms with Crippen LogP contribution in [-0.4, -0.2) is 23.4 Å². The predicted octanol–water partition coefficient (Wildman–Crippen LogP) is 2.54. The molecule has 1 aromatic rings. The monoisotopic (exact) mass is 226 g/mol. The first-order chi connectivity index (χ1) is 7.41. The Bertz CT molecular complexity index is 334. The lowest BCUT2D eigenvalue weighted by Gasteiger charge is -2.24. The Morgan fingerprint density at radius 3 is 2.56 bits per heavy atom. The van der Waals surface area contributed by atoms with Gasteiger partial charge in [-0.15, -0.1) is 0 Å². The molecular formula is C13H19FO2. The summed E-state index contributed by atoms with van der Waals surface area (Å²) in [4.78, 5) is 0. The molecule has 1 unspecified atom stereocenters. The van der Waals surface area contributed by atoms with Crippen molar-refractivity contribution in [1.82, 2.24) is 0 Å². The molecule has 0 saturated heterocycles. The van der Waals surface area contributed by atoms with Crippen molar-refractivity contribution in [2.24, 2.45) is 0 Å². The van der Waals surface area contributed by atoms with Gasteiger partial charge in [0.2, 0.25) is 0 Å². The van der Waals surface area contributed by atoms with Gasteiger partial charge in [-0.05, 0) is 32.4 Å². The summed E-state index contributed by atoms with van der Waals surface area (Å²) < 4.78 is 18.7. The zero-order valence-electron chi connectivity index (χ0n) is 10.0. The van der Waals surface area contributed by atoms with Gasteiger partial charge in [-0.1, -0.05) is 18.2 Å². The number of halogens is 1. The van der Waals surface area contributed by atoms with Gasteiger partial charge in [0, 0.05) is 6.42 Å². The maximum absolute atomic E-state index is 13.4. The average Bonchev–Trinajstić information content (AvgIpc) is 2.19. The van der Waals surface area contributed by atoms with E-state index in [1.165, 1.54) is 6.07 Å². The fourth-order valence-corrected chi connectivity index (χ4v) is 1.45. The molecule has 90 valence electrons. The maximum Gasteiger partial charge on any atom is 0.126 e. The van der Waals surface area contributed by atoms with Gasteiger partial charge in [0.25, 0.3) is 0 Å². The Balaban J connectivity index is 2.62. The molecule has 0 aliphatic carbocycles. The number of hydrogen-bond donors (Lipinski definition) is 1. The standard InChI is InChI=1S/C13H19FO2/c1-10(2)16-9-13(3,15)8-11-6-4-5-7-12(11)14/h4-7,10,15H,8-9H2,1-3H3. The van der Waals surface area contributed by atoms with E-state index in [9.17, 15) is 9.50 Å². The summed E-state index contributed by atoms with van der Waals surface area (Å²) in [6.07, 6.45) is 0.318. The molecule has 0 spiro atoms. The Morgan fingerprint density at radius 2 is 2.00 bits per heavy atom. The van der Waals surface area contributed by atoms with Gasteiger partial charge in [0.1, 0.15) is 5.82 Å². The Labute approximate surface area is 96.1 Å². The average molecular weight is 226 g/mol. The van der Waals surface area contributed by atoms with Crippen LogP contribution in [0.25, 0.3) is 0 Å². The topological polar surface area (TPSA) is 29.5 Å². The van der Waals surface area contributed by atoms with Crippen LogP contribution in [0.15, 0.2) is 24.3 Å². The molecule has 1 N–H and O–H groups in total. The highest BCUT2D eigenvalue weighted by Gasteiger charge is 2.23. The summed E-state index contributed by atoms with van der Waals surface area (Å²) in [5.74, 6) is -0.285. The van der Waals surface area contributed by atoms with Gasteiger partial charge >= 0.3 is 0 Å². The normalized spacial score (nSPS) is 15.1. The number of ether oxygens (including phenoxy) is 1. The van der Waals surface area contributed by atoms with Gasteiger partial charge < -0.3 is 9.84 Å². The Morgan fingerprint density at radius 1 is 1.38 bits per heavy atom. The molecule has 0 fully saturated rings. The molecule has 0 radical (unpaired) electrons. The molecule has 0 aliphatic heterocycles. The molecule has 16 heavy (non-hydrogen) atoms. The molecule has 1 rings (SSSR count). The second-order valence-electron chi connectivity index (χ2n) is 4.62. The van der Waals surface area contributed by atoms with Crippen molar-refractivity contribution in [3.05, 3.63) is 35.6 Å². The molecule has 0 bridgehead atoms. The van der Waals surface area contributed by atoms with E-state index in [4.69, 9.17) is 4.74 Å². The summed E-state index contributed by atoms with van der Waals surface area (Å²) in [7, 11) is 0. The van der Waals surface area contributed by atoms with Crippen molar-refractivity contribution < 1.29 is 14.2 Å². The van der Waals surface area contributed by atoms with E-state index in [1.54, 1.807) is 25.1 Å². The first kappa shape index (κ1) is 13.1. The molecule has 1 atom stereocenters. The van der Waals surface area contributed by atoms with Crippen molar-refractivity contribution in [2.45, 2.75) is 38.9 Å². The summed E-state index contributed by atoms with van der Waals surface area (Å²) in [6, 6.07) is 6.48. The van der Waals surface area contributed by atoms with E-state index in [2.05, 4.69) is 0 Å². The van der Waals surface area contributed by atoms with Gasteiger partial charge in [-0.3, -0.25) is 0 Å². The Kier molecular flexibility index (Phi) is 4.44. The molecule has 0 aliphatic rings. The van der Waals surface area contributed by atoms with Crippen LogP contribution in [0.3, 0.4) is 0 Å². The third kappa shape index (κ3) is 4.29. The molecule has 0 saturated carbocycles. The minimum Gasteiger partial charge on any atom is -0.387 e. The second-order valence-corrected chi connectivity index (χ2v) is 4.62. The zero-order chi connectivity index (χ0) is 12.2. The SMILES string of the molecule is CC(C)OCC(C)(O)Cc1ccccc1F. The highest BCUT2D eigenvalue weighted by atomic mass is 19.1. The van der Waals surface area contributed by atoms with Gasteiger partial charge in [0.15, 0.2) is 0 Å². The Hall–Kier alpha value is -0.930. The van der Waals surface area contributed by atoms with Crippen molar-refractivity contribution in [1.29, 1.82) is 0 Å². The van der Waals surface area contributed by atoms with Crippen LogP contribution in [0.4, 0.5) is 4.39 Å². The summed E-state index contributed by atoms with van der Waals surface area (Å²) in [5.41, 5.74) is -0.521.